The predicted octanol–water partition coefficient (Wildman–Crippen LogP) is 2.25. The van der Waals surface area contributed by atoms with Gasteiger partial charge in [0.05, 0.1) is 6.33 Å². The summed E-state index contributed by atoms with van der Waals surface area (Å²) in [5.41, 5.74) is 1.76. The minimum absolute atomic E-state index is 0.274. The predicted molar refractivity (Wildman–Crippen MR) is 70.5 cm³/mol. The van der Waals surface area contributed by atoms with E-state index in [2.05, 4.69) is 4.98 Å². The summed E-state index contributed by atoms with van der Waals surface area (Å²) in [6, 6.07) is 4.68. The quantitative estimate of drug-likeness (QED) is 0.914. The molecule has 0 spiro atoms. The first-order valence-electron chi connectivity index (χ1n) is 6.32. The van der Waals surface area contributed by atoms with Crippen molar-refractivity contribution in [3.8, 4) is 0 Å². The normalized spacial score (nSPS) is 13.9. The molecule has 98 valence electrons. The third-order valence-electron chi connectivity index (χ3n) is 3.41. The lowest BCUT2D eigenvalue weighted by molar-refractivity contribution is 0.403. The van der Waals surface area contributed by atoms with Crippen LogP contribution in [0.2, 0.25) is 0 Å². The van der Waals surface area contributed by atoms with E-state index in [1.54, 1.807) is 18.6 Å². The van der Waals surface area contributed by atoms with Gasteiger partial charge in [0.25, 0.3) is 0 Å². The van der Waals surface area contributed by atoms with Crippen LogP contribution in [0.5, 0.6) is 0 Å². The van der Waals surface area contributed by atoms with E-state index in [-0.39, 0.29) is 5.82 Å². The van der Waals surface area contributed by atoms with Gasteiger partial charge in [-0.25, -0.2) is 9.37 Å². The molecule has 1 aliphatic heterocycles. The zero-order valence-electron chi connectivity index (χ0n) is 10.5. The summed E-state index contributed by atoms with van der Waals surface area (Å²) in [5.74, 6) is 0.156. The molecule has 1 N–H and O–H groups in total. The second-order valence-electron chi connectivity index (χ2n) is 4.73. The van der Waals surface area contributed by atoms with Crippen molar-refractivity contribution in [2.45, 2.75) is 19.5 Å². The molecule has 0 saturated carbocycles. The largest absolute Gasteiger partial charge is 0.352 e. The first-order valence-corrected chi connectivity index (χ1v) is 6.32. The number of halogens is 1. The number of imidazole rings is 1. The molecule has 0 bridgehead atoms. The molecular weight excluding hydrogens is 243 g/mol. The second kappa shape index (κ2) is 4.84. The first kappa shape index (κ1) is 11.9. The van der Waals surface area contributed by atoms with Gasteiger partial charge < -0.3 is 9.47 Å². The maximum absolute atomic E-state index is 13.2. The molecule has 0 saturated heterocycles. The number of benzene rings is 1. The molecule has 0 fully saturated rings. The van der Waals surface area contributed by atoms with Crippen LogP contribution >= 0.6 is 0 Å². The van der Waals surface area contributed by atoms with E-state index in [0.29, 0.717) is 12.4 Å². The van der Waals surface area contributed by atoms with Crippen molar-refractivity contribution in [1.82, 2.24) is 14.5 Å². The number of fused-ring (bicyclic) bond motifs is 1. The van der Waals surface area contributed by atoms with E-state index in [1.165, 1.54) is 12.1 Å². The molecular formula is C14H15FN4. The van der Waals surface area contributed by atoms with Crippen LogP contribution in [-0.2, 0) is 13.1 Å². The van der Waals surface area contributed by atoms with Crippen LogP contribution < -0.4 is 0 Å². The number of aryl methyl sites for hydroxylation is 1. The zero-order chi connectivity index (χ0) is 13.2. The lowest BCUT2D eigenvalue weighted by atomic mass is 10.1. The van der Waals surface area contributed by atoms with Gasteiger partial charge in [-0.05, 0) is 24.1 Å². The third-order valence-corrected chi connectivity index (χ3v) is 3.41. The third kappa shape index (κ3) is 2.36. The number of rotatable bonds is 4. The molecule has 3 rings (SSSR count). The van der Waals surface area contributed by atoms with Gasteiger partial charge in [-0.15, -0.1) is 0 Å². The van der Waals surface area contributed by atoms with Crippen LogP contribution in [0.1, 0.15) is 17.5 Å². The monoisotopic (exact) mass is 258 g/mol. The second-order valence-corrected chi connectivity index (χ2v) is 4.73. The molecule has 0 aliphatic carbocycles. The van der Waals surface area contributed by atoms with Crippen LogP contribution in [0, 0.1) is 11.2 Å². The molecule has 2 aromatic rings. The highest BCUT2D eigenvalue weighted by atomic mass is 19.1. The molecule has 1 aliphatic rings. The Kier molecular flexibility index (Phi) is 3.03. The fourth-order valence-electron chi connectivity index (χ4n) is 2.42. The van der Waals surface area contributed by atoms with Crippen LogP contribution in [-0.4, -0.2) is 26.8 Å². The number of nitrogens with one attached hydrogen (secondary N) is 1. The van der Waals surface area contributed by atoms with Crippen LogP contribution in [0.4, 0.5) is 4.39 Å². The van der Waals surface area contributed by atoms with Crippen molar-refractivity contribution in [3.63, 3.8) is 0 Å². The molecule has 4 nitrogen and oxygen atoms in total. The molecule has 2 heterocycles. The summed E-state index contributed by atoms with van der Waals surface area (Å²) in [5, 5.41) is 8.08. The summed E-state index contributed by atoms with van der Waals surface area (Å²) in [4.78, 5) is 5.98. The summed E-state index contributed by atoms with van der Waals surface area (Å²) < 4.78 is 15.2. The highest BCUT2D eigenvalue weighted by molar-refractivity contribution is 6.00. The van der Waals surface area contributed by atoms with Crippen molar-refractivity contribution < 1.29 is 4.39 Å². The summed E-state index contributed by atoms with van der Waals surface area (Å²) in [7, 11) is 0. The number of hydrogen-bond acceptors (Lipinski definition) is 2. The topological polar surface area (TPSA) is 44.9 Å². The maximum atomic E-state index is 13.2. The van der Waals surface area contributed by atoms with Crippen molar-refractivity contribution >= 4 is 5.84 Å². The number of hydrogen-bond donors (Lipinski definition) is 1. The zero-order valence-corrected chi connectivity index (χ0v) is 10.5. The fraction of sp³-hybridized carbons (Fsp3) is 0.286. The van der Waals surface area contributed by atoms with Crippen LogP contribution in [0.25, 0.3) is 0 Å². The molecule has 0 radical (unpaired) electrons. The minimum Gasteiger partial charge on any atom is -0.352 e. The van der Waals surface area contributed by atoms with E-state index < -0.39 is 0 Å². The summed E-state index contributed by atoms with van der Waals surface area (Å²) in [6.07, 6.45) is 6.42. The summed E-state index contributed by atoms with van der Waals surface area (Å²) >= 11 is 0. The Morgan fingerprint density at radius 3 is 3.00 bits per heavy atom. The molecule has 5 heteroatoms. The Balaban J connectivity index is 1.61. The lowest BCUT2D eigenvalue weighted by Crippen LogP contribution is -2.25. The van der Waals surface area contributed by atoms with Crippen molar-refractivity contribution in [2.75, 3.05) is 6.54 Å². The molecule has 0 amide bonds. The van der Waals surface area contributed by atoms with E-state index in [0.717, 1.165) is 30.6 Å². The Labute approximate surface area is 111 Å². The van der Waals surface area contributed by atoms with Gasteiger partial charge in [-0.1, -0.05) is 6.07 Å². The van der Waals surface area contributed by atoms with Crippen molar-refractivity contribution in [2.24, 2.45) is 0 Å². The van der Waals surface area contributed by atoms with Crippen molar-refractivity contribution in [1.29, 1.82) is 5.41 Å². The highest BCUT2D eigenvalue weighted by Crippen LogP contribution is 2.23. The van der Waals surface area contributed by atoms with Gasteiger partial charge in [-0.2, -0.15) is 0 Å². The van der Waals surface area contributed by atoms with E-state index in [9.17, 15) is 4.39 Å². The average molecular weight is 258 g/mol. The Hall–Kier alpha value is -2.17. The van der Waals surface area contributed by atoms with E-state index >= 15 is 0 Å². The Bertz CT molecular complexity index is 591. The molecule has 1 aromatic heterocycles. The number of nitrogens with zero attached hydrogens (tertiary/aromatic N) is 3. The fourth-order valence-corrected chi connectivity index (χ4v) is 2.42. The van der Waals surface area contributed by atoms with E-state index in [4.69, 9.17) is 5.41 Å². The maximum Gasteiger partial charge on any atom is 0.128 e. The van der Waals surface area contributed by atoms with Gasteiger partial charge in [0.1, 0.15) is 11.7 Å². The Morgan fingerprint density at radius 1 is 1.32 bits per heavy atom. The van der Waals surface area contributed by atoms with Gasteiger partial charge in [0, 0.05) is 37.6 Å². The van der Waals surface area contributed by atoms with Crippen molar-refractivity contribution in [3.05, 3.63) is 53.9 Å². The molecule has 1 aromatic carbocycles. The van der Waals surface area contributed by atoms with Gasteiger partial charge >= 0.3 is 0 Å². The standard InChI is InChI=1S/C14H15FN4/c15-12-3-2-11-9-19(14(16)13(11)8-12)6-1-5-18-7-4-17-10-18/h2-4,7-8,10,16H,1,5-6,9H2. The highest BCUT2D eigenvalue weighted by Gasteiger charge is 2.23. The number of amidine groups is 1. The smallest absolute Gasteiger partial charge is 0.128 e. The van der Waals surface area contributed by atoms with Crippen LogP contribution in [0.15, 0.2) is 36.9 Å². The van der Waals surface area contributed by atoms with Gasteiger partial charge in [-0.3, -0.25) is 5.41 Å². The molecule has 0 unspecified atom stereocenters. The van der Waals surface area contributed by atoms with Gasteiger partial charge in [0.15, 0.2) is 0 Å². The lowest BCUT2D eigenvalue weighted by Gasteiger charge is -2.17. The minimum atomic E-state index is -0.274. The SMILES string of the molecule is N=C1c2cc(F)ccc2CN1CCCn1ccnc1. The first-order chi connectivity index (χ1) is 9.24. The number of aromatic nitrogens is 2. The molecule has 19 heavy (non-hydrogen) atoms. The summed E-state index contributed by atoms with van der Waals surface area (Å²) in [6.45, 7) is 2.39. The molecule has 0 atom stereocenters. The van der Waals surface area contributed by atoms with Crippen LogP contribution in [0.3, 0.4) is 0 Å². The van der Waals surface area contributed by atoms with Gasteiger partial charge in [0.2, 0.25) is 0 Å². The van der Waals surface area contributed by atoms with E-state index in [1.807, 2.05) is 15.7 Å². The average Bonchev–Trinajstić information content (AvgIpc) is 3.00. The Morgan fingerprint density at radius 2 is 2.21 bits per heavy atom.